The highest BCUT2D eigenvalue weighted by molar-refractivity contribution is 8.01. The first-order valence-corrected chi connectivity index (χ1v) is 12.8. The molecule has 1 aliphatic heterocycles. The minimum atomic E-state index is -0.520. The van der Waals surface area contributed by atoms with E-state index in [0.29, 0.717) is 43.5 Å². The van der Waals surface area contributed by atoms with Crippen LogP contribution in [0, 0.1) is 0 Å². The summed E-state index contributed by atoms with van der Waals surface area (Å²) in [4.78, 5) is 41.0. The maximum Gasteiger partial charge on any atom is 0.338 e. The van der Waals surface area contributed by atoms with Crippen molar-refractivity contribution >= 4 is 46.0 Å². The van der Waals surface area contributed by atoms with Gasteiger partial charge in [0.25, 0.3) is 5.91 Å². The molecule has 0 radical (unpaired) electrons. The van der Waals surface area contributed by atoms with Crippen LogP contribution in [-0.4, -0.2) is 78.0 Å². The second-order valence-electron chi connectivity index (χ2n) is 8.00. The first-order chi connectivity index (χ1) is 16.0. The molecule has 33 heavy (non-hydrogen) atoms. The highest BCUT2D eigenvalue weighted by Crippen LogP contribution is 2.29. The quantitative estimate of drug-likeness (QED) is 0.467. The minimum Gasteiger partial charge on any atom is -0.465 e. The standard InChI is InChI=1S/C22H27N5O4S2/c1-31-20(30)17-9-5-4-8-16(17)19(29)26-10-12-27(13-11-26)21-24-25-22(33-21)32-14-18(28)23-15-6-2-3-7-15/h4-5,8-9,15H,2-3,6-7,10-14H2,1H3,(H,23,28). The second kappa shape index (κ2) is 11.0. The van der Waals surface area contributed by atoms with Gasteiger partial charge in [0, 0.05) is 32.2 Å². The molecular weight excluding hydrogens is 462 g/mol. The number of nitrogens with one attached hydrogen (secondary N) is 1. The van der Waals surface area contributed by atoms with Crippen molar-refractivity contribution in [2.45, 2.75) is 36.1 Å². The van der Waals surface area contributed by atoms with E-state index in [-0.39, 0.29) is 17.4 Å². The lowest BCUT2D eigenvalue weighted by Gasteiger charge is -2.34. The lowest BCUT2D eigenvalue weighted by atomic mass is 10.1. The average Bonchev–Trinajstić information content (AvgIpc) is 3.54. The first kappa shape index (κ1) is 23.5. The van der Waals surface area contributed by atoms with E-state index in [9.17, 15) is 14.4 Å². The highest BCUT2D eigenvalue weighted by Gasteiger charge is 2.27. The molecule has 0 bridgehead atoms. The number of anilines is 1. The Balaban J connectivity index is 1.28. The Bertz CT molecular complexity index is 1000. The maximum atomic E-state index is 13.0. The summed E-state index contributed by atoms with van der Waals surface area (Å²) in [6.45, 7) is 2.27. The number of piperazine rings is 1. The molecule has 2 aliphatic rings. The van der Waals surface area contributed by atoms with Gasteiger partial charge in [0.1, 0.15) is 0 Å². The van der Waals surface area contributed by atoms with Gasteiger partial charge in [0.05, 0.1) is 24.0 Å². The van der Waals surface area contributed by atoms with Crippen LogP contribution in [0.3, 0.4) is 0 Å². The lowest BCUT2D eigenvalue weighted by molar-refractivity contribution is -0.119. The predicted molar refractivity (Wildman–Crippen MR) is 127 cm³/mol. The van der Waals surface area contributed by atoms with Crippen LogP contribution in [0.1, 0.15) is 46.4 Å². The molecule has 2 heterocycles. The number of amides is 2. The summed E-state index contributed by atoms with van der Waals surface area (Å²) in [5.41, 5.74) is 0.624. The van der Waals surface area contributed by atoms with Crippen LogP contribution in [0.25, 0.3) is 0 Å². The topological polar surface area (TPSA) is 105 Å². The van der Waals surface area contributed by atoms with Crippen molar-refractivity contribution in [3.8, 4) is 0 Å². The summed E-state index contributed by atoms with van der Waals surface area (Å²) in [6.07, 6.45) is 4.52. The van der Waals surface area contributed by atoms with Gasteiger partial charge < -0.3 is 19.9 Å². The molecule has 0 atom stereocenters. The number of ether oxygens (including phenoxy) is 1. The number of esters is 1. The van der Waals surface area contributed by atoms with E-state index < -0.39 is 5.97 Å². The van der Waals surface area contributed by atoms with E-state index in [1.807, 2.05) is 0 Å². The Morgan fingerprint density at radius 2 is 1.79 bits per heavy atom. The lowest BCUT2D eigenvalue weighted by Crippen LogP contribution is -2.49. The van der Waals surface area contributed by atoms with Crippen LogP contribution in [0.4, 0.5) is 5.13 Å². The van der Waals surface area contributed by atoms with Crippen molar-refractivity contribution in [2.24, 2.45) is 0 Å². The first-order valence-electron chi connectivity index (χ1n) is 11.0. The fourth-order valence-electron chi connectivity index (χ4n) is 4.08. The van der Waals surface area contributed by atoms with E-state index in [0.717, 1.165) is 22.3 Å². The molecule has 2 amide bonds. The number of methoxy groups -OCH3 is 1. The SMILES string of the molecule is COC(=O)c1ccccc1C(=O)N1CCN(c2nnc(SCC(=O)NC3CCCC3)s2)CC1. The number of thioether (sulfide) groups is 1. The Labute approximate surface area is 200 Å². The van der Waals surface area contributed by atoms with Crippen LogP contribution in [-0.2, 0) is 9.53 Å². The van der Waals surface area contributed by atoms with E-state index >= 15 is 0 Å². The van der Waals surface area contributed by atoms with Gasteiger partial charge in [-0.15, -0.1) is 10.2 Å². The van der Waals surface area contributed by atoms with Crippen molar-refractivity contribution in [3.63, 3.8) is 0 Å². The summed E-state index contributed by atoms with van der Waals surface area (Å²) < 4.78 is 5.56. The van der Waals surface area contributed by atoms with Gasteiger partial charge in [0.15, 0.2) is 4.34 Å². The summed E-state index contributed by atoms with van der Waals surface area (Å²) in [5, 5.41) is 12.4. The van der Waals surface area contributed by atoms with Crippen LogP contribution in [0.5, 0.6) is 0 Å². The summed E-state index contributed by atoms with van der Waals surface area (Å²) >= 11 is 2.87. The monoisotopic (exact) mass is 489 g/mol. The second-order valence-corrected chi connectivity index (χ2v) is 10.2. The van der Waals surface area contributed by atoms with Gasteiger partial charge in [-0.1, -0.05) is 48.1 Å². The molecule has 1 N–H and O–H groups in total. The number of rotatable bonds is 7. The van der Waals surface area contributed by atoms with E-state index in [1.165, 1.54) is 43.1 Å². The van der Waals surface area contributed by atoms with Crippen LogP contribution < -0.4 is 10.2 Å². The largest absolute Gasteiger partial charge is 0.465 e. The molecule has 4 rings (SSSR count). The molecule has 1 aromatic heterocycles. The highest BCUT2D eigenvalue weighted by atomic mass is 32.2. The van der Waals surface area contributed by atoms with Crippen LogP contribution >= 0.6 is 23.1 Å². The Morgan fingerprint density at radius 3 is 2.48 bits per heavy atom. The maximum absolute atomic E-state index is 13.0. The zero-order valence-corrected chi connectivity index (χ0v) is 20.1. The normalized spacial score (nSPS) is 16.6. The van der Waals surface area contributed by atoms with Crippen LogP contribution in [0.2, 0.25) is 0 Å². The number of hydrogen-bond acceptors (Lipinski definition) is 9. The van der Waals surface area contributed by atoms with Gasteiger partial charge >= 0.3 is 5.97 Å². The molecule has 1 saturated carbocycles. The fourth-order valence-corrected chi connectivity index (χ4v) is 5.79. The number of aromatic nitrogens is 2. The zero-order chi connectivity index (χ0) is 23.2. The number of hydrogen-bond donors (Lipinski definition) is 1. The van der Waals surface area contributed by atoms with Crippen molar-refractivity contribution in [1.29, 1.82) is 0 Å². The smallest absolute Gasteiger partial charge is 0.338 e. The predicted octanol–water partition coefficient (Wildman–Crippen LogP) is 2.44. The molecule has 2 fully saturated rings. The fraction of sp³-hybridized carbons (Fsp3) is 0.500. The molecule has 1 aromatic carbocycles. The van der Waals surface area contributed by atoms with E-state index in [2.05, 4.69) is 20.4 Å². The van der Waals surface area contributed by atoms with Crippen molar-refractivity contribution < 1.29 is 19.1 Å². The third-order valence-electron chi connectivity index (χ3n) is 5.84. The van der Waals surface area contributed by atoms with E-state index in [4.69, 9.17) is 4.74 Å². The third kappa shape index (κ3) is 5.83. The van der Waals surface area contributed by atoms with Gasteiger partial charge in [-0.2, -0.15) is 0 Å². The van der Waals surface area contributed by atoms with Crippen LogP contribution in [0.15, 0.2) is 28.6 Å². The molecule has 11 heteroatoms. The molecule has 176 valence electrons. The summed E-state index contributed by atoms with van der Waals surface area (Å²) in [7, 11) is 1.30. The van der Waals surface area contributed by atoms with Gasteiger partial charge in [0.2, 0.25) is 11.0 Å². The molecule has 0 unspecified atom stereocenters. The number of carbonyl (C=O) groups excluding carboxylic acids is 3. The van der Waals surface area contributed by atoms with E-state index in [1.54, 1.807) is 29.2 Å². The van der Waals surface area contributed by atoms with Crippen molar-refractivity contribution in [1.82, 2.24) is 20.4 Å². The summed E-state index contributed by atoms with van der Waals surface area (Å²) in [5.74, 6) is -0.318. The average molecular weight is 490 g/mol. The van der Waals surface area contributed by atoms with Gasteiger partial charge in [-0.05, 0) is 25.0 Å². The Hall–Kier alpha value is -2.66. The molecule has 1 aliphatic carbocycles. The molecule has 9 nitrogen and oxygen atoms in total. The summed E-state index contributed by atoms with van der Waals surface area (Å²) in [6, 6.07) is 7.03. The minimum absolute atomic E-state index is 0.0445. The Morgan fingerprint density at radius 1 is 1.09 bits per heavy atom. The molecule has 2 aromatic rings. The molecule has 1 saturated heterocycles. The van der Waals surface area contributed by atoms with Crippen molar-refractivity contribution in [3.05, 3.63) is 35.4 Å². The molecule has 0 spiro atoms. The van der Waals surface area contributed by atoms with Gasteiger partial charge in [-0.3, -0.25) is 9.59 Å². The number of benzene rings is 1. The zero-order valence-electron chi connectivity index (χ0n) is 18.5. The van der Waals surface area contributed by atoms with Crippen molar-refractivity contribution in [2.75, 3.05) is 43.9 Å². The molecular formula is C22H27N5O4S2. The van der Waals surface area contributed by atoms with Gasteiger partial charge in [-0.25, -0.2) is 4.79 Å². The number of carbonyl (C=O) groups is 3. The third-order valence-corrected chi connectivity index (χ3v) is 7.96. The Kier molecular flexibility index (Phi) is 7.81. The number of nitrogens with zero attached hydrogens (tertiary/aromatic N) is 4.